The number of hydrogen-bond donors (Lipinski definition) is 2. The average Bonchev–Trinajstić information content (AvgIpc) is 2.63. The molecule has 9 heteroatoms. The van der Waals surface area contributed by atoms with E-state index < -0.39 is 24.0 Å². The van der Waals surface area contributed by atoms with Crippen LogP contribution in [-0.2, 0) is 16.1 Å². The monoisotopic (exact) mass is 388 g/mol. The van der Waals surface area contributed by atoms with Crippen molar-refractivity contribution >= 4 is 28.7 Å². The fraction of sp³-hybridized carbons (Fsp3) is 0.421. The lowest BCUT2D eigenvalue weighted by Gasteiger charge is -2.15. The lowest BCUT2D eigenvalue weighted by atomic mass is 10.1. The van der Waals surface area contributed by atoms with Gasteiger partial charge in [0.1, 0.15) is 0 Å². The summed E-state index contributed by atoms with van der Waals surface area (Å²) in [5.41, 5.74) is -0.364. The number of fused-ring (bicyclic) bond motifs is 1. The summed E-state index contributed by atoms with van der Waals surface area (Å²) >= 11 is 0. The topological polar surface area (TPSA) is 119 Å². The van der Waals surface area contributed by atoms with Gasteiger partial charge in [-0.1, -0.05) is 32.0 Å². The molecule has 2 aromatic rings. The van der Waals surface area contributed by atoms with E-state index in [0.717, 1.165) is 0 Å². The SMILES string of the molecule is CCNC(=O)NC(=O)C(C)OC(=O)c1nn(CC(C)C)c(=O)c2ccccc12. The number of nitrogens with one attached hydrogen (secondary N) is 2. The maximum absolute atomic E-state index is 12.7. The number of benzene rings is 1. The number of esters is 1. The quantitative estimate of drug-likeness (QED) is 0.723. The van der Waals surface area contributed by atoms with E-state index in [-0.39, 0.29) is 17.2 Å². The summed E-state index contributed by atoms with van der Waals surface area (Å²) in [4.78, 5) is 48.7. The molecule has 150 valence electrons. The first-order valence-corrected chi connectivity index (χ1v) is 9.04. The molecule has 1 atom stereocenters. The number of rotatable bonds is 6. The van der Waals surface area contributed by atoms with Crippen LogP contribution in [0.1, 0.15) is 38.2 Å². The van der Waals surface area contributed by atoms with Crippen molar-refractivity contribution in [3.63, 3.8) is 0 Å². The smallest absolute Gasteiger partial charge is 0.360 e. The first-order valence-electron chi connectivity index (χ1n) is 9.04. The number of imide groups is 1. The van der Waals surface area contributed by atoms with E-state index in [1.807, 2.05) is 13.8 Å². The lowest BCUT2D eigenvalue weighted by molar-refractivity contribution is -0.127. The zero-order valence-electron chi connectivity index (χ0n) is 16.3. The second-order valence-electron chi connectivity index (χ2n) is 6.67. The molecule has 1 heterocycles. The Labute approximate surface area is 162 Å². The highest BCUT2D eigenvalue weighted by Gasteiger charge is 2.24. The Balaban J connectivity index is 2.32. The highest BCUT2D eigenvalue weighted by molar-refractivity contribution is 6.03. The Morgan fingerprint density at radius 3 is 2.39 bits per heavy atom. The summed E-state index contributed by atoms with van der Waals surface area (Å²) in [6, 6.07) is 5.90. The molecule has 1 aromatic carbocycles. The maximum Gasteiger partial charge on any atom is 0.360 e. The van der Waals surface area contributed by atoms with Gasteiger partial charge < -0.3 is 10.1 Å². The molecule has 2 N–H and O–H groups in total. The number of ether oxygens (including phenoxy) is 1. The van der Waals surface area contributed by atoms with Crippen molar-refractivity contribution in [3.05, 3.63) is 40.3 Å². The van der Waals surface area contributed by atoms with E-state index in [2.05, 4.69) is 15.7 Å². The largest absolute Gasteiger partial charge is 0.448 e. The van der Waals surface area contributed by atoms with E-state index >= 15 is 0 Å². The van der Waals surface area contributed by atoms with Crippen molar-refractivity contribution in [2.24, 2.45) is 5.92 Å². The number of aromatic nitrogens is 2. The van der Waals surface area contributed by atoms with Crippen molar-refractivity contribution in [2.45, 2.75) is 40.3 Å². The van der Waals surface area contributed by atoms with Crippen LogP contribution in [0.2, 0.25) is 0 Å². The van der Waals surface area contributed by atoms with Gasteiger partial charge >= 0.3 is 12.0 Å². The molecule has 1 aromatic heterocycles. The summed E-state index contributed by atoms with van der Waals surface area (Å²) in [7, 11) is 0. The van der Waals surface area contributed by atoms with Crippen molar-refractivity contribution in [3.8, 4) is 0 Å². The molecule has 9 nitrogen and oxygen atoms in total. The van der Waals surface area contributed by atoms with Crippen LogP contribution in [0.3, 0.4) is 0 Å². The number of nitrogens with zero attached hydrogens (tertiary/aromatic N) is 2. The maximum atomic E-state index is 12.7. The van der Waals surface area contributed by atoms with Crippen molar-refractivity contribution in [2.75, 3.05) is 6.54 Å². The predicted octanol–water partition coefficient (Wildman–Crippen LogP) is 1.44. The molecule has 0 saturated heterocycles. The highest BCUT2D eigenvalue weighted by atomic mass is 16.5. The van der Waals surface area contributed by atoms with Crippen molar-refractivity contribution < 1.29 is 19.1 Å². The number of urea groups is 1. The zero-order chi connectivity index (χ0) is 20.8. The Hall–Kier alpha value is -3.23. The third kappa shape index (κ3) is 4.93. The van der Waals surface area contributed by atoms with Crippen LogP contribution >= 0.6 is 0 Å². The van der Waals surface area contributed by atoms with Gasteiger partial charge in [-0.05, 0) is 25.8 Å². The van der Waals surface area contributed by atoms with E-state index in [4.69, 9.17) is 4.74 Å². The summed E-state index contributed by atoms with van der Waals surface area (Å²) in [6.45, 7) is 7.58. The van der Waals surface area contributed by atoms with Gasteiger partial charge in [-0.15, -0.1) is 0 Å². The molecule has 28 heavy (non-hydrogen) atoms. The van der Waals surface area contributed by atoms with Crippen LogP contribution in [0.5, 0.6) is 0 Å². The summed E-state index contributed by atoms with van der Waals surface area (Å²) in [6.07, 6.45) is -1.22. The molecule has 1 unspecified atom stereocenters. The minimum absolute atomic E-state index is 0.0616. The molecule has 0 spiro atoms. The number of carbonyl (C=O) groups is 3. The molecule has 0 aliphatic rings. The number of hydrogen-bond acceptors (Lipinski definition) is 6. The molecule has 3 amide bonds. The average molecular weight is 388 g/mol. The molecule has 0 aliphatic carbocycles. The van der Waals surface area contributed by atoms with Gasteiger partial charge in [-0.2, -0.15) is 5.10 Å². The highest BCUT2D eigenvalue weighted by Crippen LogP contribution is 2.15. The standard InChI is InChI=1S/C19H24N4O5/c1-5-20-19(27)21-16(24)12(4)28-18(26)15-13-8-6-7-9-14(13)17(25)23(22-15)10-11(2)3/h6-9,11-12H,5,10H2,1-4H3,(H2,20,21,24,27). The second-order valence-corrected chi connectivity index (χ2v) is 6.67. The Morgan fingerprint density at radius 1 is 1.14 bits per heavy atom. The molecule has 0 bridgehead atoms. The molecule has 0 fully saturated rings. The van der Waals surface area contributed by atoms with E-state index in [9.17, 15) is 19.2 Å². The van der Waals surface area contributed by atoms with E-state index in [1.165, 1.54) is 11.6 Å². The van der Waals surface area contributed by atoms with Crippen LogP contribution in [0, 0.1) is 5.92 Å². The van der Waals surface area contributed by atoms with Gasteiger partial charge in [-0.3, -0.25) is 14.9 Å². The number of carbonyl (C=O) groups excluding carboxylic acids is 3. The zero-order valence-corrected chi connectivity index (χ0v) is 16.3. The third-order valence-corrected chi connectivity index (χ3v) is 3.83. The van der Waals surface area contributed by atoms with Crippen molar-refractivity contribution in [1.29, 1.82) is 0 Å². The van der Waals surface area contributed by atoms with Gasteiger partial charge in [0.05, 0.1) is 5.39 Å². The third-order valence-electron chi connectivity index (χ3n) is 3.83. The van der Waals surface area contributed by atoms with Gasteiger partial charge in [-0.25, -0.2) is 14.3 Å². The van der Waals surface area contributed by atoms with Crippen LogP contribution < -0.4 is 16.2 Å². The Bertz CT molecular complexity index is 951. The van der Waals surface area contributed by atoms with Gasteiger partial charge in [0, 0.05) is 18.5 Å². The number of amides is 3. The lowest BCUT2D eigenvalue weighted by Crippen LogP contribution is -2.44. The second kappa shape index (κ2) is 9.12. The van der Waals surface area contributed by atoms with Gasteiger partial charge in [0.25, 0.3) is 11.5 Å². The van der Waals surface area contributed by atoms with E-state index in [1.54, 1.807) is 31.2 Å². The molecular weight excluding hydrogens is 364 g/mol. The minimum Gasteiger partial charge on any atom is -0.448 e. The Kier molecular flexibility index (Phi) is 6.86. The molecular formula is C19H24N4O5. The summed E-state index contributed by atoms with van der Waals surface area (Å²) < 4.78 is 6.40. The first-order chi connectivity index (χ1) is 13.2. The molecule has 0 aliphatic heterocycles. The van der Waals surface area contributed by atoms with Gasteiger partial charge in [0.2, 0.25) is 0 Å². The molecule has 0 radical (unpaired) electrons. The Morgan fingerprint density at radius 2 is 1.79 bits per heavy atom. The van der Waals surface area contributed by atoms with E-state index in [0.29, 0.717) is 23.9 Å². The first kappa shape index (κ1) is 21.1. The molecule has 0 saturated carbocycles. The fourth-order valence-corrected chi connectivity index (χ4v) is 2.54. The van der Waals surface area contributed by atoms with Gasteiger partial charge in [0.15, 0.2) is 11.8 Å². The van der Waals surface area contributed by atoms with Crippen LogP contribution in [0.4, 0.5) is 4.79 Å². The summed E-state index contributed by atoms with van der Waals surface area (Å²) in [5.74, 6) is -1.48. The van der Waals surface area contributed by atoms with Crippen LogP contribution in [0.15, 0.2) is 29.1 Å². The van der Waals surface area contributed by atoms with Crippen LogP contribution in [-0.4, -0.2) is 40.3 Å². The van der Waals surface area contributed by atoms with Crippen molar-refractivity contribution in [1.82, 2.24) is 20.4 Å². The van der Waals surface area contributed by atoms with Crippen LogP contribution in [0.25, 0.3) is 10.8 Å². The predicted molar refractivity (Wildman–Crippen MR) is 103 cm³/mol. The summed E-state index contributed by atoms with van der Waals surface area (Å²) in [5, 5.41) is 9.33. The normalized spacial score (nSPS) is 11.9. The molecule has 2 rings (SSSR count). The minimum atomic E-state index is -1.22. The fourth-order valence-electron chi connectivity index (χ4n) is 2.54.